The highest BCUT2D eigenvalue weighted by molar-refractivity contribution is 4.79. The second kappa shape index (κ2) is 6.78. The minimum Gasteiger partial charge on any atom is -0.379 e. The number of nitriles is 1. The predicted molar refractivity (Wildman–Crippen MR) is 59.6 cm³/mol. The molecule has 0 spiro atoms. The third-order valence-electron chi connectivity index (χ3n) is 2.81. The van der Waals surface area contributed by atoms with Gasteiger partial charge in [-0.3, -0.25) is 9.80 Å². The lowest BCUT2D eigenvalue weighted by molar-refractivity contribution is 0.0325. The monoisotopic (exact) mass is 211 g/mol. The smallest absolute Gasteiger partial charge is 0.0868 e. The van der Waals surface area contributed by atoms with Gasteiger partial charge in [-0.15, -0.1) is 0 Å². The second-order valence-electron chi connectivity index (χ2n) is 4.18. The van der Waals surface area contributed by atoms with Crippen molar-refractivity contribution in [3.63, 3.8) is 0 Å². The third kappa shape index (κ3) is 4.61. The van der Waals surface area contributed by atoms with Gasteiger partial charge in [0.1, 0.15) is 0 Å². The molecule has 0 aliphatic carbocycles. The topological polar surface area (TPSA) is 39.5 Å². The van der Waals surface area contributed by atoms with Crippen molar-refractivity contribution in [2.24, 2.45) is 0 Å². The molecule has 0 atom stereocenters. The summed E-state index contributed by atoms with van der Waals surface area (Å²) < 4.78 is 5.29. The van der Waals surface area contributed by atoms with Gasteiger partial charge in [0.25, 0.3) is 0 Å². The molecule has 0 unspecified atom stereocenters. The van der Waals surface area contributed by atoms with Gasteiger partial charge in [0, 0.05) is 32.2 Å². The van der Waals surface area contributed by atoms with Crippen molar-refractivity contribution in [2.75, 3.05) is 45.9 Å². The van der Waals surface area contributed by atoms with E-state index in [1.165, 1.54) is 0 Å². The molecule has 4 nitrogen and oxygen atoms in total. The Labute approximate surface area is 92.4 Å². The molecule has 0 aromatic heterocycles. The van der Waals surface area contributed by atoms with E-state index in [0.717, 1.165) is 39.4 Å². The number of ether oxygens (including phenoxy) is 1. The molecule has 0 radical (unpaired) electrons. The lowest BCUT2D eigenvalue weighted by Gasteiger charge is -2.30. The molecule has 1 rings (SSSR count). The van der Waals surface area contributed by atoms with Crippen molar-refractivity contribution in [3.05, 3.63) is 0 Å². The molecule has 0 amide bonds. The van der Waals surface area contributed by atoms with Crippen LogP contribution < -0.4 is 0 Å². The summed E-state index contributed by atoms with van der Waals surface area (Å²) in [5.41, 5.74) is 0. The average molecular weight is 211 g/mol. The molecule has 1 heterocycles. The van der Waals surface area contributed by atoms with Gasteiger partial charge in [-0.25, -0.2) is 0 Å². The number of hydrogen-bond acceptors (Lipinski definition) is 4. The van der Waals surface area contributed by atoms with Crippen LogP contribution in [0.2, 0.25) is 0 Å². The molecule has 0 aromatic rings. The highest BCUT2D eigenvalue weighted by Gasteiger charge is 2.13. The van der Waals surface area contributed by atoms with Crippen molar-refractivity contribution >= 4 is 0 Å². The fourth-order valence-electron chi connectivity index (χ4n) is 1.71. The van der Waals surface area contributed by atoms with Crippen LogP contribution in [-0.4, -0.2) is 61.8 Å². The molecule has 0 saturated carbocycles. The molecule has 4 heteroatoms. The van der Waals surface area contributed by atoms with Crippen LogP contribution in [0.4, 0.5) is 0 Å². The van der Waals surface area contributed by atoms with Gasteiger partial charge in [-0.05, 0) is 13.8 Å². The summed E-state index contributed by atoms with van der Waals surface area (Å²) in [6.07, 6.45) is 0. The van der Waals surface area contributed by atoms with Crippen LogP contribution in [-0.2, 0) is 4.74 Å². The van der Waals surface area contributed by atoms with Gasteiger partial charge in [0.15, 0.2) is 0 Å². The largest absolute Gasteiger partial charge is 0.379 e. The minimum atomic E-state index is 0.450. The van der Waals surface area contributed by atoms with Crippen LogP contribution in [0.5, 0.6) is 0 Å². The molecule has 0 bridgehead atoms. The van der Waals surface area contributed by atoms with Crippen molar-refractivity contribution in [1.29, 1.82) is 5.26 Å². The molecule has 1 fully saturated rings. The highest BCUT2D eigenvalue weighted by atomic mass is 16.5. The zero-order chi connectivity index (χ0) is 11.1. The van der Waals surface area contributed by atoms with E-state index in [4.69, 9.17) is 10.00 Å². The Morgan fingerprint density at radius 1 is 1.40 bits per heavy atom. The van der Waals surface area contributed by atoms with Crippen molar-refractivity contribution in [3.8, 4) is 6.07 Å². The van der Waals surface area contributed by atoms with Crippen LogP contribution in [0.25, 0.3) is 0 Å². The van der Waals surface area contributed by atoms with E-state index in [1.807, 2.05) is 0 Å². The van der Waals surface area contributed by atoms with Gasteiger partial charge >= 0.3 is 0 Å². The van der Waals surface area contributed by atoms with Gasteiger partial charge < -0.3 is 4.74 Å². The zero-order valence-electron chi connectivity index (χ0n) is 9.78. The van der Waals surface area contributed by atoms with E-state index >= 15 is 0 Å². The highest BCUT2D eigenvalue weighted by Crippen LogP contribution is 2.00. The molecule has 0 N–H and O–H groups in total. The van der Waals surface area contributed by atoms with Crippen LogP contribution >= 0.6 is 0 Å². The van der Waals surface area contributed by atoms with E-state index in [0.29, 0.717) is 12.6 Å². The summed E-state index contributed by atoms with van der Waals surface area (Å²) in [6.45, 7) is 10.6. The maximum absolute atomic E-state index is 8.70. The first-order valence-corrected chi connectivity index (χ1v) is 5.65. The first kappa shape index (κ1) is 12.4. The normalized spacial score (nSPS) is 18.3. The van der Waals surface area contributed by atoms with E-state index in [1.54, 1.807) is 0 Å². The fourth-order valence-corrected chi connectivity index (χ4v) is 1.71. The Morgan fingerprint density at radius 3 is 2.60 bits per heavy atom. The molecule has 1 aliphatic rings. The van der Waals surface area contributed by atoms with Crippen molar-refractivity contribution < 1.29 is 4.74 Å². The van der Waals surface area contributed by atoms with Crippen LogP contribution in [0.15, 0.2) is 0 Å². The first-order valence-electron chi connectivity index (χ1n) is 5.65. The lowest BCUT2D eigenvalue weighted by atomic mass is 10.3. The summed E-state index contributed by atoms with van der Waals surface area (Å²) in [4.78, 5) is 4.60. The minimum absolute atomic E-state index is 0.450. The summed E-state index contributed by atoms with van der Waals surface area (Å²) >= 11 is 0. The molecule has 15 heavy (non-hydrogen) atoms. The summed E-state index contributed by atoms with van der Waals surface area (Å²) in [5, 5.41) is 8.70. The Bertz CT molecular complexity index is 206. The van der Waals surface area contributed by atoms with Crippen LogP contribution in [0.1, 0.15) is 13.8 Å². The summed E-state index contributed by atoms with van der Waals surface area (Å²) in [7, 11) is 0. The van der Waals surface area contributed by atoms with Gasteiger partial charge in [-0.1, -0.05) is 0 Å². The Morgan fingerprint density at radius 2 is 2.07 bits per heavy atom. The maximum Gasteiger partial charge on any atom is 0.0868 e. The van der Waals surface area contributed by atoms with E-state index in [2.05, 4.69) is 29.7 Å². The van der Waals surface area contributed by atoms with Gasteiger partial charge in [0.2, 0.25) is 0 Å². The van der Waals surface area contributed by atoms with Crippen LogP contribution in [0, 0.1) is 11.3 Å². The first-order chi connectivity index (χ1) is 7.24. The molecule has 0 aromatic carbocycles. The molecule has 86 valence electrons. The van der Waals surface area contributed by atoms with Gasteiger partial charge in [0.05, 0.1) is 25.8 Å². The average Bonchev–Trinajstić information content (AvgIpc) is 2.25. The number of nitrogens with zero attached hydrogens (tertiary/aromatic N) is 3. The number of morpholine rings is 1. The Hall–Kier alpha value is -0.630. The maximum atomic E-state index is 8.70. The number of rotatable bonds is 5. The lowest BCUT2D eigenvalue weighted by Crippen LogP contribution is -2.43. The molecule has 1 saturated heterocycles. The fraction of sp³-hybridized carbons (Fsp3) is 0.909. The van der Waals surface area contributed by atoms with Crippen LogP contribution in [0.3, 0.4) is 0 Å². The standard InChI is InChI=1S/C11H21N3O/c1-11(2)14(4-3-12)6-5-13-7-9-15-10-8-13/h11H,4-10H2,1-2H3. The second-order valence-corrected chi connectivity index (χ2v) is 4.18. The molecular formula is C11H21N3O. The zero-order valence-corrected chi connectivity index (χ0v) is 9.78. The summed E-state index contributed by atoms with van der Waals surface area (Å²) in [6, 6.07) is 2.67. The van der Waals surface area contributed by atoms with Crippen molar-refractivity contribution in [2.45, 2.75) is 19.9 Å². The van der Waals surface area contributed by atoms with E-state index in [-0.39, 0.29) is 0 Å². The quantitative estimate of drug-likeness (QED) is 0.623. The van der Waals surface area contributed by atoms with E-state index in [9.17, 15) is 0 Å². The molecule has 1 aliphatic heterocycles. The number of hydrogen-bond donors (Lipinski definition) is 0. The molecular weight excluding hydrogens is 190 g/mol. The van der Waals surface area contributed by atoms with E-state index < -0.39 is 0 Å². The van der Waals surface area contributed by atoms with Crippen molar-refractivity contribution in [1.82, 2.24) is 9.80 Å². The predicted octanol–water partition coefficient (Wildman–Crippen LogP) is 0.553. The Kier molecular flexibility index (Phi) is 5.62. The third-order valence-corrected chi connectivity index (χ3v) is 2.81. The summed E-state index contributed by atoms with van der Waals surface area (Å²) in [5.74, 6) is 0. The Balaban J connectivity index is 2.23. The SMILES string of the molecule is CC(C)N(CC#N)CCN1CCOCC1. The van der Waals surface area contributed by atoms with Gasteiger partial charge in [-0.2, -0.15) is 5.26 Å².